The van der Waals surface area contributed by atoms with Crippen molar-refractivity contribution in [1.29, 1.82) is 0 Å². The van der Waals surface area contributed by atoms with Gasteiger partial charge < -0.3 is 5.11 Å². The van der Waals surface area contributed by atoms with Gasteiger partial charge in [0.15, 0.2) is 0 Å². The van der Waals surface area contributed by atoms with Gasteiger partial charge in [0, 0.05) is 6.54 Å². The molecule has 1 aromatic rings. The minimum atomic E-state index is -3.45. The van der Waals surface area contributed by atoms with E-state index in [1.165, 1.54) is 0 Å². The quantitative estimate of drug-likeness (QED) is 0.807. The Morgan fingerprint density at radius 1 is 1.38 bits per heavy atom. The predicted octanol–water partition coefficient (Wildman–Crippen LogP) is 0.908. The van der Waals surface area contributed by atoms with E-state index in [0.717, 1.165) is 0 Å². The highest BCUT2D eigenvalue weighted by atomic mass is 32.2. The van der Waals surface area contributed by atoms with E-state index >= 15 is 0 Å². The lowest BCUT2D eigenvalue weighted by molar-refractivity contribution is 0.194. The molecule has 5 heteroatoms. The zero-order chi connectivity index (χ0) is 12.2. The van der Waals surface area contributed by atoms with Crippen LogP contribution in [0.3, 0.4) is 0 Å². The number of hydrogen-bond acceptors (Lipinski definition) is 3. The van der Waals surface area contributed by atoms with Gasteiger partial charge >= 0.3 is 0 Å². The molecule has 0 aliphatic heterocycles. The van der Waals surface area contributed by atoms with Crippen LogP contribution in [0.15, 0.2) is 29.2 Å². The lowest BCUT2D eigenvalue weighted by atomic mass is 10.1. The fourth-order valence-electron chi connectivity index (χ4n) is 1.52. The molecule has 0 bridgehead atoms. The molecule has 1 rings (SSSR count). The van der Waals surface area contributed by atoms with E-state index in [-0.39, 0.29) is 4.90 Å². The molecule has 0 aromatic heterocycles. The third-order valence-corrected chi connectivity index (χ3v) is 3.76. The molecule has 0 radical (unpaired) electrons. The number of aliphatic hydroxyl groups excluding tert-OH is 1. The van der Waals surface area contributed by atoms with Crippen molar-refractivity contribution in [3.8, 4) is 0 Å². The van der Waals surface area contributed by atoms with E-state index in [9.17, 15) is 13.5 Å². The van der Waals surface area contributed by atoms with E-state index in [1.54, 1.807) is 38.1 Å². The Kier molecular flexibility index (Phi) is 4.46. The Labute approximate surface area is 96.4 Å². The Bertz CT molecular complexity index is 440. The normalized spacial score (nSPS) is 13.7. The SMILES string of the molecule is CCNS(=O)(=O)c1ccccc1CC(C)O. The van der Waals surface area contributed by atoms with Crippen LogP contribution >= 0.6 is 0 Å². The molecule has 1 aromatic carbocycles. The van der Waals surface area contributed by atoms with Crippen molar-refractivity contribution >= 4 is 10.0 Å². The first-order valence-electron chi connectivity index (χ1n) is 5.23. The van der Waals surface area contributed by atoms with Crippen molar-refractivity contribution in [3.63, 3.8) is 0 Å². The van der Waals surface area contributed by atoms with Crippen LogP contribution in [0, 0.1) is 0 Å². The minimum Gasteiger partial charge on any atom is -0.393 e. The smallest absolute Gasteiger partial charge is 0.240 e. The summed E-state index contributed by atoms with van der Waals surface area (Å²) < 4.78 is 26.1. The summed E-state index contributed by atoms with van der Waals surface area (Å²) in [5.74, 6) is 0. The van der Waals surface area contributed by atoms with Crippen LogP contribution in [-0.2, 0) is 16.4 Å². The van der Waals surface area contributed by atoms with Gasteiger partial charge in [-0.1, -0.05) is 25.1 Å². The third kappa shape index (κ3) is 3.30. The molecule has 0 amide bonds. The molecule has 1 unspecified atom stereocenters. The molecule has 0 saturated carbocycles. The Morgan fingerprint density at radius 2 is 2.00 bits per heavy atom. The van der Waals surface area contributed by atoms with E-state index < -0.39 is 16.1 Å². The lowest BCUT2D eigenvalue weighted by Gasteiger charge is -2.11. The third-order valence-electron chi connectivity index (χ3n) is 2.11. The zero-order valence-electron chi connectivity index (χ0n) is 9.47. The van der Waals surface area contributed by atoms with E-state index in [1.807, 2.05) is 0 Å². The van der Waals surface area contributed by atoms with Gasteiger partial charge in [0.2, 0.25) is 10.0 Å². The first-order chi connectivity index (χ1) is 7.47. The summed E-state index contributed by atoms with van der Waals surface area (Å²) in [6.07, 6.45) is -0.223. The van der Waals surface area contributed by atoms with Gasteiger partial charge in [-0.15, -0.1) is 0 Å². The largest absolute Gasteiger partial charge is 0.393 e. The Morgan fingerprint density at radius 3 is 2.56 bits per heavy atom. The number of sulfonamides is 1. The maximum absolute atomic E-state index is 11.8. The topological polar surface area (TPSA) is 66.4 Å². The molecule has 2 N–H and O–H groups in total. The van der Waals surface area contributed by atoms with Crippen molar-refractivity contribution in [2.45, 2.75) is 31.3 Å². The second-order valence-corrected chi connectivity index (χ2v) is 5.40. The van der Waals surface area contributed by atoms with Crippen molar-refractivity contribution in [3.05, 3.63) is 29.8 Å². The van der Waals surface area contributed by atoms with Crippen molar-refractivity contribution in [2.75, 3.05) is 6.54 Å². The van der Waals surface area contributed by atoms with Gasteiger partial charge in [0.05, 0.1) is 11.0 Å². The van der Waals surface area contributed by atoms with Crippen LogP contribution in [0.25, 0.3) is 0 Å². The molecule has 0 heterocycles. The number of nitrogens with one attached hydrogen (secondary N) is 1. The van der Waals surface area contributed by atoms with Crippen molar-refractivity contribution in [1.82, 2.24) is 4.72 Å². The second-order valence-electron chi connectivity index (χ2n) is 3.66. The van der Waals surface area contributed by atoms with Crippen LogP contribution in [0.5, 0.6) is 0 Å². The molecular formula is C11H17NO3S. The molecule has 0 aliphatic rings. The van der Waals surface area contributed by atoms with Gasteiger partial charge in [-0.3, -0.25) is 0 Å². The molecule has 0 aliphatic carbocycles. The standard InChI is InChI=1S/C11H17NO3S/c1-3-12-16(14,15)11-7-5-4-6-10(11)8-9(2)13/h4-7,9,12-13H,3,8H2,1-2H3. The molecule has 0 spiro atoms. The summed E-state index contributed by atoms with van der Waals surface area (Å²) in [6.45, 7) is 3.72. The molecular weight excluding hydrogens is 226 g/mol. The number of hydrogen-bond donors (Lipinski definition) is 2. The van der Waals surface area contributed by atoms with E-state index in [2.05, 4.69) is 4.72 Å². The van der Waals surface area contributed by atoms with Crippen LogP contribution in [0.2, 0.25) is 0 Å². The number of aliphatic hydroxyl groups is 1. The molecule has 16 heavy (non-hydrogen) atoms. The lowest BCUT2D eigenvalue weighted by Crippen LogP contribution is -2.24. The van der Waals surface area contributed by atoms with Gasteiger partial charge in [0.25, 0.3) is 0 Å². The van der Waals surface area contributed by atoms with Crippen molar-refractivity contribution in [2.24, 2.45) is 0 Å². The van der Waals surface area contributed by atoms with Crippen LogP contribution in [0.4, 0.5) is 0 Å². The average molecular weight is 243 g/mol. The fraction of sp³-hybridized carbons (Fsp3) is 0.455. The number of rotatable bonds is 5. The highest BCUT2D eigenvalue weighted by molar-refractivity contribution is 7.89. The summed E-state index contributed by atoms with van der Waals surface area (Å²) in [5, 5.41) is 9.31. The first-order valence-corrected chi connectivity index (χ1v) is 6.71. The molecule has 0 saturated heterocycles. The molecule has 0 fully saturated rings. The summed E-state index contributed by atoms with van der Waals surface area (Å²) in [5.41, 5.74) is 0.637. The molecule has 1 atom stereocenters. The zero-order valence-corrected chi connectivity index (χ0v) is 10.3. The van der Waals surface area contributed by atoms with E-state index in [4.69, 9.17) is 0 Å². The van der Waals surface area contributed by atoms with Gasteiger partial charge in [0.1, 0.15) is 0 Å². The maximum Gasteiger partial charge on any atom is 0.240 e. The van der Waals surface area contributed by atoms with Gasteiger partial charge in [-0.05, 0) is 25.0 Å². The first kappa shape index (κ1) is 13.2. The van der Waals surface area contributed by atoms with Gasteiger partial charge in [-0.2, -0.15) is 0 Å². The van der Waals surface area contributed by atoms with Crippen LogP contribution in [-0.4, -0.2) is 26.2 Å². The number of benzene rings is 1. The minimum absolute atomic E-state index is 0.248. The van der Waals surface area contributed by atoms with Crippen LogP contribution < -0.4 is 4.72 Å². The highest BCUT2D eigenvalue weighted by Crippen LogP contribution is 2.16. The maximum atomic E-state index is 11.8. The summed E-state index contributed by atoms with van der Waals surface area (Å²) >= 11 is 0. The Hall–Kier alpha value is -0.910. The van der Waals surface area contributed by atoms with Crippen molar-refractivity contribution < 1.29 is 13.5 Å². The van der Waals surface area contributed by atoms with Gasteiger partial charge in [-0.25, -0.2) is 13.1 Å². The highest BCUT2D eigenvalue weighted by Gasteiger charge is 2.17. The summed E-state index contributed by atoms with van der Waals surface area (Å²) in [6, 6.07) is 6.71. The summed E-state index contributed by atoms with van der Waals surface area (Å²) in [4.78, 5) is 0.248. The monoisotopic (exact) mass is 243 g/mol. The Balaban J connectivity index is 3.13. The predicted molar refractivity (Wildman–Crippen MR) is 62.7 cm³/mol. The average Bonchev–Trinajstić information content (AvgIpc) is 2.17. The second kappa shape index (κ2) is 5.43. The fourth-order valence-corrected chi connectivity index (χ4v) is 2.81. The summed E-state index contributed by atoms with van der Waals surface area (Å²) in [7, 11) is -3.45. The molecule has 4 nitrogen and oxygen atoms in total. The molecule has 90 valence electrons. The van der Waals surface area contributed by atoms with Crippen LogP contribution in [0.1, 0.15) is 19.4 Å². The van der Waals surface area contributed by atoms with E-state index in [0.29, 0.717) is 18.5 Å².